The van der Waals surface area contributed by atoms with E-state index in [2.05, 4.69) is 25.8 Å². The van der Waals surface area contributed by atoms with Crippen molar-refractivity contribution in [2.75, 3.05) is 0 Å². The van der Waals surface area contributed by atoms with Gasteiger partial charge in [-0.05, 0) is 19.1 Å². The minimum atomic E-state index is -0.846. The number of aromatic nitrogens is 5. The first-order valence-electron chi connectivity index (χ1n) is 8.63. The predicted octanol–water partition coefficient (Wildman–Crippen LogP) is 1.72. The maximum absolute atomic E-state index is 12.5. The zero-order valence-corrected chi connectivity index (χ0v) is 14.9. The Morgan fingerprint density at radius 3 is 2.71 bits per heavy atom. The van der Waals surface area contributed by atoms with Gasteiger partial charge in [0.15, 0.2) is 0 Å². The number of amides is 1. The summed E-state index contributed by atoms with van der Waals surface area (Å²) < 4.78 is 6.22. The van der Waals surface area contributed by atoms with Gasteiger partial charge < -0.3 is 9.84 Å². The second-order valence-corrected chi connectivity index (χ2v) is 6.13. The van der Waals surface area contributed by atoms with Crippen LogP contribution in [0.5, 0.6) is 0 Å². The lowest BCUT2D eigenvalue weighted by Crippen LogP contribution is -2.37. The number of nitrogens with zero attached hydrogens (tertiary/aromatic N) is 5. The molecule has 0 unspecified atom stereocenters. The summed E-state index contributed by atoms with van der Waals surface area (Å²) >= 11 is 0. The van der Waals surface area contributed by atoms with Crippen molar-refractivity contribution in [1.82, 2.24) is 30.5 Å². The molecule has 1 amide bonds. The van der Waals surface area contributed by atoms with Crippen molar-refractivity contribution in [3.8, 4) is 11.4 Å². The number of carbonyl (C=O) groups is 1. The lowest BCUT2D eigenvalue weighted by Gasteiger charge is -2.12. The molecule has 0 aliphatic heterocycles. The molecule has 140 valence electrons. The Kier molecular flexibility index (Phi) is 4.63. The molecule has 0 saturated heterocycles. The van der Waals surface area contributed by atoms with Gasteiger partial charge in [0.1, 0.15) is 11.6 Å². The van der Waals surface area contributed by atoms with E-state index in [9.17, 15) is 9.59 Å². The standard InChI is InChI=1S/C19H16N6O3/c1-12(25-19(27)14-9-5-6-10-15(14)22-24-25)18(26)20-11-16-21-17(23-28-16)13-7-3-2-4-8-13/h2-10,12H,11H2,1H3,(H,20,26)/t12-/m0/s1. The molecule has 9 heteroatoms. The third-order valence-corrected chi connectivity index (χ3v) is 4.25. The fraction of sp³-hybridized carbons (Fsp3) is 0.158. The highest BCUT2D eigenvalue weighted by atomic mass is 16.5. The van der Waals surface area contributed by atoms with Gasteiger partial charge in [-0.25, -0.2) is 0 Å². The van der Waals surface area contributed by atoms with E-state index in [1.54, 1.807) is 31.2 Å². The molecule has 0 spiro atoms. The van der Waals surface area contributed by atoms with E-state index in [1.165, 1.54) is 0 Å². The average Bonchev–Trinajstić information content (AvgIpc) is 3.22. The highest BCUT2D eigenvalue weighted by molar-refractivity contribution is 5.81. The molecule has 2 aromatic carbocycles. The maximum atomic E-state index is 12.5. The third kappa shape index (κ3) is 3.37. The molecule has 0 fully saturated rings. The van der Waals surface area contributed by atoms with Crippen molar-refractivity contribution < 1.29 is 9.32 Å². The smallest absolute Gasteiger partial charge is 0.278 e. The number of fused-ring (bicyclic) bond motifs is 1. The van der Waals surface area contributed by atoms with Crippen LogP contribution >= 0.6 is 0 Å². The van der Waals surface area contributed by atoms with E-state index < -0.39 is 11.9 Å². The van der Waals surface area contributed by atoms with E-state index in [1.807, 2.05) is 30.3 Å². The summed E-state index contributed by atoms with van der Waals surface area (Å²) in [5.74, 6) is 0.289. The van der Waals surface area contributed by atoms with E-state index in [0.29, 0.717) is 16.7 Å². The molecule has 0 bridgehead atoms. The van der Waals surface area contributed by atoms with Crippen molar-refractivity contribution in [3.63, 3.8) is 0 Å². The van der Waals surface area contributed by atoms with Crippen LogP contribution in [-0.4, -0.2) is 31.0 Å². The molecule has 2 heterocycles. The molecular weight excluding hydrogens is 360 g/mol. The number of hydrogen-bond acceptors (Lipinski definition) is 7. The summed E-state index contributed by atoms with van der Waals surface area (Å²) in [6.45, 7) is 1.61. The third-order valence-electron chi connectivity index (χ3n) is 4.25. The summed E-state index contributed by atoms with van der Waals surface area (Å²) in [5.41, 5.74) is 0.920. The van der Waals surface area contributed by atoms with E-state index in [0.717, 1.165) is 10.2 Å². The fourth-order valence-electron chi connectivity index (χ4n) is 2.71. The van der Waals surface area contributed by atoms with Crippen LogP contribution in [0.15, 0.2) is 63.9 Å². The topological polar surface area (TPSA) is 116 Å². The van der Waals surface area contributed by atoms with Gasteiger partial charge in [-0.3, -0.25) is 9.59 Å². The average molecular weight is 376 g/mol. The number of nitrogens with one attached hydrogen (secondary N) is 1. The molecule has 4 aromatic rings. The van der Waals surface area contributed by atoms with Crippen LogP contribution in [-0.2, 0) is 11.3 Å². The molecule has 0 radical (unpaired) electrons. The molecule has 2 aromatic heterocycles. The molecule has 0 aliphatic carbocycles. The van der Waals surface area contributed by atoms with Crippen molar-refractivity contribution in [1.29, 1.82) is 0 Å². The van der Waals surface area contributed by atoms with Crippen LogP contribution in [0.3, 0.4) is 0 Å². The first-order chi connectivity index (χ1) is 13.6. The van der Waals surface area contributed by atoms with Crippen LogP contribution in [0, 0.1) is 0 Å². The van der Waals surface area contributed by atoms with Gasteiger partial charge in [0.05, 0.1) is 11.9 Å². The van der Waals surface area contributed by atoms with Crippen molar-refractivity contribution in [2.45, 2.75) is 19.5 Å². The van der Waals surface area contributed by atoms with Crippen LogP contribution in [0.2, 0.25) is 0 Å². The lowest BCUT2D eigenvalue weighted by atomic mass is 10.2. The molecule has 0 aliphatic rings. The van der Waals surface area contributed by atoms with E-state index >= 15 is 0 Å². The number of carbonyl (C=O) groups excluding carboxylic acids is 1. The summed E-state index contributed by atoms with van der Waals surface area (Å²) in [5, 5.41) is 14.8. The number of hydrogen-bond donors (Lipinski definition) is 1. The second kappa shape index (κ2) is 7.39. The van der Waals surface area contributed by atoms with Gasteiger partial charge >= 0.3 is 0 Å². The first kappa shape index (κ1) is 17.5. The summed E-state index contributed by atoms with van der Waals surface area (Å²) in [4.78, 5) is 29.3. The highest BCUT2D eigenvalue weighted by Crippen LogP contribution is 2.14. The van der Waals surface area contributed by atoms with Crippen molar-refractivity contribution in [3.05, 3.63) is 70.8 Å². The Labute approximate surface area is 159 Å². The lowest BCUT2D eigenvalue weighted by molar-refractivity contribution is -0.124. The van der Waals surface area contributed by atoms with Gasteiger partial charge in [0.2, 0.25) is 17.6 Å². The normalized spacial score (nSPS) is 12.0. The summed E-state index contributed by atoms with van der Waals surface area (Å²) in [6, 6.07) is 15.4. The maximum Gasteiger partial charge on any atom is 0.278 e. The van der Waals surface area contributed by atoms with E-state index in [4.69, 9.17) is 4.52 Å². The molecule has 1 atom stereocenters. The fourth-order valence-corrected chi connectivity index (χ4v) is 2.71. The van der Waals surface area contributed by atoms with Crippen LogP contribution < -0.4 is 10.9 Å². The molecule has 4 rings (SSSR count). The van der Waals surface area contributed by atoms with Gasteiger partial charge in [-0.2, -0.15) is 9.67 Å². The Bertz CT molecular complexity index is 1180. The monoisotopic (exact) mass is 376 g/mol. The molecule has 1 N–H and O–H groups in total. The quantitative estimate of drug-likeness (QED) is 0.564. The van der Waals surface area contributed by atoms with Crippen LogP contribution in [0.1, 0.15) is 18.9 Å². The summed E-state index contributed by atoms with van der Waals surface area (Å²) in [6.07, 6.45) is 0. The Balaban J connectivity index is 1.46. The Hall–Kier alpha value is -3.88. The molecule has 0 saturated carbocycles. The van der Waals surface area contributed by atoms with Crippen molar-refractivity contribution >= 4 is 16.8 Å². The SMILES string of the molecule is C[C@@H](C(=O)NCc1nc(-c2ccccc2)no1)n1nnc2ccccc2c1=O. The minimum absolute atomic E-state index is 0.0404. The molecule has 28 heavy (non-hydrogen) atoms. The zero-order chi connectivity index (χ0) is 19.5. The van der Waals surface area contributed by atoms with Gasteiger partial charge in [0, 0.05) is 5.56 Å². The zero-order valence-electron chi connectivity index (χ0n) is 14.9. The van der Waals surface area contributed by atoms with Crippen LogP contribution in [0.25, 0.3) is 22.3 Å². The largest absolute Gasteiger partial charge is 0.345 e. The van der Waals surface area contributed by atoms with Gasteiger partial charge in [-0.1, -0.05) is 52.8 Å². The molecular formula is C19H16N6O3. The second-order valence-electron chi connectivity index (χ2n) is 6.13. The highest BCUT2D eigenvalue weighted by Gasteiger charge is 2.20. The predicted molar refractivity (Wildman–Crippen MR) is 100 cm³/mol. The molecule has 9 nitrogen and oxygen atoms in total. The number of benzene rings is 2. The first-order valence-corrected chi connectivity index (χ1v) is 8.63. The van der Waals surface area contributed by atoms with Crippen molar-refractivity contribution in [2.24, 2.45) is 0 Å². The van der Waals surface area contributed by atoms with Crippen LogP contribution in [0.4, 0.5) is 0 Å². The Morgan fingerprint density at radius 2 is 1.89 bits per heavy atom. The number of rotatable bonds is 5. The Morgan fingerprint density at radius 1 is 1.14 bits per heavy atom. The van der Waals surface area contributed by atoms with Gasteiger partial charge in [-0.15, -0.1) is 5.10 Å². The van der Waals surface area contributed by atoms with E-state index in [-0.39, 0.29) is 18.0 Å². The summed E-state index contributed by atoms with van der Waals surface area (Å²) in [7, 11) is 0. The minimum Gasteiger partial charge on any atom is -0.345 e. The van der Waals surface area contributed by atoms with Gasteiger partial charge in [0.25, 0.3) is 5.56 Å².